The van der Waals surface area contributed by atoms with Crippen molar-refractivity contribution in [2.75, 3.05) is 5.32 Å². The van der Waals surface area contributed by atoms with Gasteiger partial charge in [0.25, 0.3) is 0 Å². The van der Waals surface area contributed by atoms with Gasteiger partial charge < -0.3 is 15.2 Å². The van der Waals surface area contributed by atoms with Crippen molar-refractivity contribution < 1.29 is 14.1 Å². The van der Waals surface area contributed by atoms with Gasteiger partial charge in [-0.2, -0.15) is 0 Å². The van der Waals surface area contributed by atoms with Crippen molar-refractivity contribution >= 4 is 17.5 Å². The molecule has 0 aliphatic rings. The molecule has 0 aliphatic heterocycles. The molecule has 2 N–H and O–H groups in total. The van der Waals surface area contributed by atoms with Gasteiger partial charge in [0.2, 0.25) is 0 Å². The van der Waals surface area contributed by atoms with Gasteiger partial charge in [-0.25, -0.2) is 4.79 Å². The normalized spacial score (nSPS) is 10.1. The summed E-state index contributed by atoms with van der Waals surface area (Å²) in [7, 11) is 0. The molecule has 20 heavy (non-hydrogen) atoms. The van der Waals surface area contributed by atoms with E-state index < -0.39 is 0 Å². The van der Waals surface area contributed by atoms with E-state index in [0.29, 0.717) is 22.7 Å². The van der Waals surface area contributed by atoms with Gasteiger partial charge in [0.1, 0.15) is 11.5 Å². The second-order valence-electron chi connectivity index (χ2n) is 4.37. The number of hydrogen-bond donors (Lipinski definition) is 2. The fourth-order valence-electron chi connectivity index (χ4n) is 1.64. The smallest absolute Gasteiger partial charge is 0.319 e. The third kappa shape index (κ3) is 3.68. The fourth-order valence-corrected chi connectivity index (χ4v) is 1.64. The lowest BCUT2D eigenvalue weighted by Gasteiger charge is -2.06. The number of nitrogens with zero attached hydrogens (tertiary/aromatic N) is 1. The van der Waals surface area contributed by atoms with Crippen molar-refractivity contribution in [3.8, 4) is 0 Å². The molecule has 0 saturated carbocycles. The summed E-state index contributed by atoms with van der Waals surface area (Å²) in [6, 6.07) is 8.09. The first-order valence-electron chi connectivity index (χ1n) is 6.12. The first-order chi connectivity index (χ1) is 9.54. The second kappa shape index (κ2) is 6.01. The van der Waals surface area contributed by atoms with E-state index in [0.717, 1.165) is 0 Å². The van der Waals surface area contributed by atoms with Gasteiger partial charge in [-0.3, -0.25) is 4.79 Å². The highest BCUT2D eigenvalue weighted by molar-refractivity contribution is 5.95. The Bertz CT molecular complexity index is 617. The largest absolute Gasteiger partial charge is 0.361 e. The fraction of sp³-hybridized carbons (Fsp3) is 0.214. The summed E-state index contributed by atoms with van der Waals surface area (Å²) in [6.07, 6.45) is 0. The van der Waals surface area contributed by atoms with Crippen LogP contribution in [0.25, 0.3) is 0 Å². The van der Waals surface area contributed by atoms with E-state index in [1.807, 2.05) is 0 Å². The van der Waals surface area contributed by atoms with Gasteiger partial charge in [-0.1, -0.05) is 5.16 Å². The molecule has 0 unspecified atom stereocenters. The maximum Gasteiger partial charge on any atom is 0.319 e. The molecule has 0 spiro atoms. The number of urea groups is 1. The minimum atomic E-state index is -0.346. The summed E-state index contributed by atoms with van der Waals surface area (Å²) < 4.78 is 4.90. The summed E-state index contributed by atoms with van der Waals surface area (Å²) in [5.74, 6) is 0.685. The predicted molar refractivity (Wildman–Crippen MR) is 73.5 cm³/mol. The molecular formula is C14H15N3O3. The SMILES string of the molecule is CC(=O)c1ccc(NC(=O)NCc2cc(C)on2)cc1. The molecule has 104 valence electrons. The number of nitrogens with one attached hydrogen (secondary N) is 2. The van der Waals surface area contributed by atoms with Crippen LogP contribution < -0.4 is 10.6 Å². The Labute approximate surface area is 116 Å². The number of Topliss-reactive ketones (excluding diaryl/α,β-unsaturated/α-hetero) is 1. The quantitative estimate of drug-likeness (QED) is 0.838. The summed E-state index contributed by atoms with van der Waals surface area (Å²) in [4.78, 5) is 22.8. The summed E-state index contributed by atoms with van der Waals surface area (Å²) in [5.41, 5.74) is 1.88. The van der Waals surface area contributed by atoms with E-state index in [-0.39, 0.29) is 18.4 Å². The summed E-state index contributed by atoms with van der Waals surface area (Å²) >= 11 is 0. The molecule has 1 aromatic carbocycles. The van der Waals surface area contributed by atoms with Crippen molar-refractivity contribution in [3.63, 3.8) is 0 Å². The third-order valence-electron chi connectivity index (χ3n) is 2.66. The zero-order valence-electron chi connectivity index (χ0n) is 11.3. The second-order valence-corrected chi connectivity index (χ2v) is 4.37. The molecule has 0 radical (unpaired) electrons. The molecule has 0 saturated heterocycles. The number of benzene rings is 1. The topological polar surface area (TPSA) is 84.2 Å². The Balaban J connectivity index is 1.86. The first kappa shape index (κ1) is 13.8. The van der Waals surface area contributed by atoms with Gasteiger partial charge >= 0.3 is 6.03 Å². The van der Waals surface area contributed by atoms with Crippen molar-refractivity contribution in [2.45, 2.75) is 20.4 Å². The minimum absolute atomic E-state index is 0.0117. The van der Waals surface area contributed by atoms with E-state index in [1.54, 1.807) is 37.3 Å². The molecule has 1 aromatic heterocycles. The van der Waals surface area contributed by atoms with Gasteiger partial charge in [0, 0.05) is 17.3 Å². The zero-order valence-corrected chi connectivity index (χ0v) is 11.3. The Morgan fingerprint density at radius 2 is 1.95 bits per heavy atom. The number of hydrogen-bond acceptors (Lipinski definition) is 4. The van der Waals surface area contributed by atoms with Gasteiger partial charge in [-0.15, -0.1) is 0 Å². The highest BCUT2D eigenvalue weighted by atomic mass is 16.5. The van der Waals surface area contributed by atoms with Crippen LogP contribution in [-0.2, 0) is 6.54 Å². The minimum Gasteiger partial charge on any atom is -0.361 e. The van der Waals surface area contributed by atoms with Crippen LogP contribution in [0.4, 0.5) is 10.5 Å². The Kier molecular flexibility index (Phi) is 4.14. The lowest BCUT2D eigenvalue weighted by atomic mass is 10.1. The molecule has 0 aliphatic carbocycles. The first-order valence-corrected chi connectivity index (χ1v) is 6.12. The predicted octanol–water partition coefficient (Wildman–Crippen LogP) is 2.51. The van der Waals surface area contributed by atoms with Crippen molar-refractivity contribution in [3.05, 3.63) is 47.3 Å². The standard InChI is InChI=1S/C14H15N3O3/c1-9-7-13(17-20-9)8-15-14(19)16-12-5-3-11(4-6-12)10(2)18/h3-7H,8H2,1-2H3,(H2,15,16,19). The molecule has 0 bridgehead atoms. The molecular weight excluding hydrogens is 258 g/mol. The van der Waals surface area contributed by atoms with Crippen LogP contribution in [-0.4, -0.2) is 17.0 Å². The van der Waals surface area contributed by atoms with Crippen LogP contribution in [0.1, 0.15) is 28.7 Å². The summed E-state index contributed by atoms with van der Waals surface area (Å²) in [6.45, 7) is 3.57. The van der Waals surface area contributed by atoms with Gasteiger partial charge in [-0.05, 0) is 38.1 Å². The molecule has 2 amide bonds. The average molecular weight is 273 g/mol. The van der Waals surface area contributed by atoms with Crippen molar-refractivity contribution in [1.82, 2.24) is 10.5 Å². The molecule has 0 fully saturated rings. The van der Waals surface area contributed by atoms with E-state index in [4.69, 9.17) is 4.52 Å². The summed E-state index contributed by atoms with van der Waals surface area (Å²) in [5, 5.41) is 9.09. The van der Waals surface area contributed by atoms with E-state index in [9.17, 15) is 9.59 Å². The van der Waals surface area contributed by atoms with E-state index in [1.165, 1.54) is 6.92 Å². The van der Waals surface area contributed by atoms with Gasteiger partial charge in [0.05, 0.1) is 6.54 Å². The maximum atomic E-state index is 11.7. The number of carbonyl (C=O) groups is 2. The monoisotopic (exact) mass is 273 g/mol. The number of carbonyl (C=O) groups excluding carboxylic acids is 2. The van der Waals surface area contributed by atoms with Crippen LogP contribution in [0.5, 0.6) is 0 Å². The van der Waals surface area contributed by atoms with Crippen LogP contribution >= 0.6 is 0 Å². The highest BCUT2D eigenvalue weighted by Crippen LogP contribution is 2.10. The van der Waals surface area contributed by atoms with Crippen LogP contribution in [0.3, 0.4) is 0 Å². The van der Waals surface area contributed by atoms with Crippen molar-refractivity contribution in [1.29, 1.82) is 0 Å². The Hall–Kier alpha value is -2.63. The zero-order chi connectivity index (χ0) is 14.5. The molecule has 0 atom stereocenters. The van der Waals surface area contributed by atoms with Crippen LogP contribution in [0, 0.1) is 6.92 Å². The third-order valence-corrected chi connectivity index (χ3v) is 2.66. The number of rotatable bonds is 4. The average Bonchev–Trinajstić information content (AvgIpc) is 2.83. The number of aromatic nitrogens is 1. The molecule has 1 heterocycles. The molecule has 6 nitrogen and oxygen atoms in total. The Morgan fingerprint density at radius 1 is 1.25 bits per heavy atom. The number of amides is 2. The number of aryl methyl sites for hydroxylation is 1. The van der Waals surface area contributed by atoms with E-state index >= 15 is 0 Å². The van der Waals surface area contributed by atoms with Crippen molar-refractivity contribution in [2.24, 2.45) is 0 Å². The van der Waals surface area contributed by atoms with Crippen LogP contribution in [0.2, 0.25) is 0 Å². The highest BCUT2D eigenvalue weighted by Gasteiger charge is 2.05. The Morgan fingerprint density at radius 3 is 2.50 bits per heavy atom. The van der Waals surface area contributed by atoms with E-state index in [2.05, 4.69) is 15.8 Å². The lowest BCUT2D eigenvalue weighted by Crippen LogP contribution is -2.28. The maximum absolute atomic E-state index is 11.7. The molecule has 2 aromatic rings. The number of anilines is 1. The number of ketones is 1. The molecule has 6 heteroatoms. The molecule has 2 rings (SSSR count). The van der Waals surface area contributed by atoms with Gasteiger partial charge in [0.15, 0.2) is 5.78 Å². The van der Waals surface area contributed by atoms with Crippen LogP contribution in [0.15, 0.2) is 34.9 Å². The lowest BCUT2D eigenvalue weighted by molar-refractivity contribution is 0.101.